The zero-order valence-corrected chi connectivity index (χ0v) is 8.40. The third kappa shape index (κ3) is 1.93. The topological polar surface area (TPSA) is 58.9 Å². The van der Waals surface area contributed by atoms with E-state index in [1.165, 1.54) is 0 Å². The Balaban J connectivity index is 2.42. The number of benzene rings is 1. The van der Waals surface area contributed by atoms with Crippen LogP contribution >= 0.6 is 0 Å². The molecule has 2 aromatic rings. The van der Waals surface area contributed by atoms with E-state index in [-0.39, 0.29) is 5.90 Å². The molecule has 0 atom stereocenters. The van der Waals surface area contributed by atoms with Crippen molar-refractivity contribution >= 4 is 16.9 Å². The van der Waals surface area contributed by atoms with Crippen molar-refractivity contribution in [2.24, 2.45) is 0 Å². The van der Waals surface area contributed by atoms with Crippen LogP contribution < -0.4 is 0 Å². The lowest BCUT2D eigenvalue weighted by Gasteiger charge is -2.04. The van der Waals surface area contributed by atoms with E-state index in [0.717, 1.165) is 16.6 Å². The van der Waals surface area contributed by atoms with E-state index in [1.807, 2.05) is 19.1 Å². The number of hydrogen-bond acceptors (Lipinski definition) is 4. The van der Waals surface area contributed by atoms with Crippen molar-refractivity contribution in [1.29, 1.82) is 5.41 Å². The van der Waals surface area contributed by atoms with Crippen LogP contribution in [-0.2, 0) is 4.74 Å². The van der Waals surface area contributed by atoms with Gasteiger partial charge < -0.3 is 4.74 Å². The first-order valence-electron chi connectivity index (χ1n) is 4.73. The summed E-state index contributed by atoms with van der Waals surface area (Å²) in [6, 6.07) is 5.46. The maximum absolute atomic E-state index is 7.63. The van der Waals surface area contributed by atoms with Crippen molar-refractivity contribution in [3.8, 4) is 0 Å². The molecule has 0 aliphatic rings. The number of ether oxygens (including phenoxy) is 1. The van der Waals surface area contributed by atoms with E-state index in [9.17, 15) is 0 Å². The van der Waals surface area contributed by atoms with Crippen molar-refractivity contribution in [2.75, 3.05) is 6.61 Å². The van der Waals surface area contributed by atoms with E-state index in [4.69, 9.17) is 10.1 Å². The van der Waals surface area contributed by atoms with Gasteiger partial charge in [-0.3, -0.25) is 15.4 Å². The van der Waals surface area contributed by atoms with Crippen LogP contribution in [0.1, 0.15) is 12.5 Å². The molecule has 0 spiro atoms. The highest BCUT2D eigenvalue weighted by atomic mass is 16.5. The standard InChI is InChI=1S/C11H11N3O/c1-2-15-11(12)8-3-4-9-10(7-8)14-6-5-13-9/h3-7,12H,2H2,1H3. The molecule has 4 heteroatoms. The molecule has 0 saturated heterocycles. The van der Waals surface area contributed by atoms with E-state index in [2.05, 4.69) is 9.97 Å². The Labute approximate surface area is 87.4 Å². The molecule has 1 aromatic heterocycles. The molecular weight excluding hydrogens is 190 g/mol. The third-order valence-corrected chi connectivity index (χ3v) is 2.02. The van der Waals surface area contributed by atoms with Gasteiger partial charge in [0, 0.05) is 18.0 Å². The van der Waals surface area contributed by atoms with Gasteiger partial charge in [-0.25, -0.2) is 0 Å². The van der Waals surface area contributed by atoms with Crippen LogP contribution in [0, 0.1) is 5.41 Å². The second kappa shape index (κ2) is 4.04. The lowest BCUT2D eigenvalue weighted by Crippen LogP contribution is -2.04. The molecule has 4 nitrogen and oxygen atoms in total. The van der Waals surface area contributed by atoms with Gasteiger partial charge in [-0.1, -0.05) is 0 Å². The van der Waals surface area contributed by atoms with Gasteiger partial charge in [0.25, 0.3) is 0 Å². The monoisotopic (exact) mass is 201 g/mol. The Morgan fingerprint density at radius 2 is 2.00 bits per heavy atom. The minimum absolute atomic E-state index is 0.171. The van der Waals surface area contributed by atoms with Crippen LogP contribution in [0.15, 0.2) is 30.6 Å². The molecular formula is C11H11N3O. The van der Waals surface area contributed by atoms with E-state index in [1.54, 1.807) is 18.5 Å². The van der Waals surface area contributed by atoms with Gasteiger partial charge in [0.15, 0.2) is 0 Å². The summed E-state index contributed by atoms with van der Waals surface area (Å²) < 4.78 is 5.11. The summed E-state index contributed by atoms with van der Waals surface area (Å²) in [4.78, 5) is 8.32. The number of nitrogens with one attached hydrogen (secondary N) is 1. The predicted molar refractivity (Wildman–Crippen MR) is 58.0 cm³/mol. The summed E-state index contributed by atoms with van der Waals surface area (Å²) in [7, 11) is 0. The molecule has 1 aromatic carbocycles. The average molecular weight is 201 g/mol. The second-order valence-corrected chi connectivity index (χ2v) is 3.02. The Morgan fingerprint density at radius 3 is 2.73 bits per heavy atom. The Kier molecular flexibility index (Phi) is 2.58. The Morgan fingerprint density at radius 1 is 1.27 bits per heavy atom. The number of fused-ring (bicyclic) bond motifs is 1. The summed E-state index contributed by atoms with van der Waals surface area (Å²) in [5.74, 6) is 0.171. The largest absolute Gasteiger partial charge is 0.478 e. The summed E-state index contributed by atoms with van der Waals surface area (Å²) in [5, 5.41) is 7.63. The first-order chi connectivity index (χ1) is 7.31. The van der Waals surface area contributed by atoms with Crippen molar-refractivity contribution in [1.82, 2.24) is 9.97 Å². The first-order valence-corrected chi connectivity index (χ1v) is 4.73. The van der Waals surface area contributed by atoms with Gasteiger partial charge in [-0.15, -0.1) is 0 Å². The quantitative estimate of drug-likeness (QED) is 0.597. The third-order valence-electron chi connectivity index (χ3n) is 2.02. The molecule has 0 unspecified atom stereocenters. The van der Waals surface area contributed by atoms with Crippen LogP contribution in [0.4, 0.5) is 0 Å². The van der Waals surface area contributed by atoms with Gasteiger partial charge >= 0.3 is 0 Å². The summed E-state index contributed by atoms with van der Waals surface area (Å²) in [6.45, 7) is 2.35. The molecule has 0 amide bonds. The zero-order chi connectivity index (χ0) is 10.7. The molecule has 1 N–H and O–H groups in total. The molecule has 0 bridgehead atoms. The van der Waals surface area contributed by atoms with Crippen molar-refractivity contribution < 1.29 is 4.74 Å². The van der Waals surface area contributed by atoms with Gasteiger partial charge in [0.1, 0.15) is 0 Å². The van der Waals surface area contributed by atoms with Crippen LogP contribution in [0.25, 0.3) is 11.0 Å². The molecule has 15 heavy (non-hydrogen) atoms. The van der Waals surface area contributed by atoms with E-state index >= 15 is 0 Å². The van der Waals surface area contributed by atoms with Gasteiger partial charge in [0.05, 0.1) is 17.6 Å². The van der Waals surface area contributed by atoms with Gasteiger partial charge in [-0.05, 0) is 25.1 Å². The fourth-order valence-electron chi connectivity index (χ4n) is 1.33. The molecule has 0 aliphatic carbocycles. The highest BCUT2D eigenvalue weighted by Gasteiger charge is 2.03. The van der Waals surface area contributed by atoms with Crippen LogP contribution in [0.5, 0.6) is 0 Å². The van der Waals surface area contributed by atoms with Gasteiger partial charge in [-0.2, -0.15) is 0 Å². The maximum atomic E-state index is 7.63. The van der Waals surface area contributed by atoms with E-state index < -0.39 is 0 Å². The fraction of sp³-hybridized carbons (Fsp3) is 0.182. The second-order valence-electron chi connectivity index (χ2n) is 3.02. The predicted octanol–water partition coefficient (Wildman–Crippen LogP) is 1.99. The SMILES string of the molecule is CCOC(=N)c1ccc2nccnc2c1. The number of nitrogens with zero attached hydrogens (tertiary/aromatic N) is 2. The smallest absolute Gasteiger partial charge is 0.213 e. The molecule has 1 heterocycles. The Bertz CT molecular complexity index is 496. The first kappa shape index (κ1) is 9.58. The zero-order valence-electron chi connectivity index (χ0n) is 8.40. The minimum Gasteiger partial charge on any atom is -0.478 e. The fourth-order valence-corrected chi connectivity index (χ4v) is 1.33. The molecule has 76 valence electrons. The number of rotatable bonds is 2. The highest BCUT2D eigenvalue weighted by Crippen LogP contribution is 2.11. The number of aromatic nitrogens is 2. The van der Waals surface area contributed by atoms with E-state index in [0.29, 0.717) is 6.61 Å². The van der Waals surface area contributed by atoms with Crippen LogP contribution in [0.2, 0.25) is 0 Å². The maximum Gasteiger partial charge on any atom is 0.213 e. The van der Waals surface area contributed by atoms with Crippen molar-refractivity contribution in [3.63, 3.8) is 0 Å². The molecule has 0 fully saturated rings. The van der Waals surface area contributed by atoms with Crippen LogP contribution in [0.3, 0.4) is 0 Å². The average Bonchev–Trinajstić information content (AvgIpc) is 2.29. The molecule has 0 radical (unpaired) electrons. The van der Waals surface area contributed by atoms with Crippen molar-refractivity contribution in [3.05, 3.63) is 36.2 Å². The lowest BCUT2D eigenvalue weighted by atomic mass is 10.2. The summed E-state index contributed by atoms with van der Waals surface area (Å²) in [6.07, 6.45) is 3.28. The normalized spacial score (nSPS) is 10.2. The summed E-state index contributed by atoms with van der Waals surface area (Å²) in [5.41, 5.74) is 2.33. The van der Waals surface area contributed by atoms with Crippen LogP contribution in [-0.4, -0.2) is 22.5 Å². The molecule has 0 aliphatic heterocycles. The Hall–Kier alpha value is -1.97. The van der Waals surface area contributed by atoms with Gasteiger partial charge in [0.2, 0.25) is 5.90 Å². The molecule has 0 saturated carbocycles. The molecule has 2 rings (SSSR count). The number of hydrogen-bond donors (Lipinski definition) is 1. The lowest BCUT2D eigenvalue weighted by molar-refractivity contribution is 0.325. The minimum atomic E-state index is 0.171. The highest BCUT2D eigenvalue weighted by molar-refractivity contribution is 5.95. The van der Waals surface area contributed by atoms with Crippen molar-refractivity contribution in [2.45, 2.75) is 6.92 Å². The summed E-state index contributed by atoms with van der Waals surface area (Å²) >= 11 is 0.